The molecule has 0 bridgehead atoms. The van der Waals surface area contributed by atoms with Crippen LogP contribution >= 0.6 is 11.3 Å². The minimum absolute atomic E-state index is 1.12. The number of benzene rings is 8. The molecule has 0 fully saturated rings. The molecular formula is C46H31NS. The SMILES string of the molecule is c1ccc(-c2ccc(N(c3ccc(-c4ccccc4)cc3)c3ccc(-c4ccc5c(c4)sc4c6ccccc6ccc54)cc3)cc2)cc1. The average Bonchev–Trinajstić information content (AvgIpc) is 3.55. The molecule has 9 aromatic rings. The van der Waals surface area contributed by atoms with Crippen molar-refractivity contribution in [3.8, 4) is 33.4 Å². The topological polar surface area (TPSA) is 3.24 Å². The Morgan fingerprint density at radius 2 is 0.750 bits per heavy atom. The van der Waals surface area contributed by atoms with Crippen LogP contribution in [0.5, 0.6) is 0 Å². The van der Waals surface area contributed by atoms with Gasteiger partial charge in [-0.15, -0.1) is 11.3 Å². The lowest BCUT2D eigenvalue weighted by molar-refractivity contribution is 1.28. The van der Waals surface area contributed by atoms with E-state index in [1.54, 1.807) is 0 Å². The molecule has 226 valence electrons. The molecule has 0 radical (unpaired) electrons. The molecule has 1 aromatic heterocycles. The van der Waals surface area contributed by atoms with Crippen molar-refractivity contribution >= 4 is 59.3 Å². The van der Waals surface area contributed by atoms with Gasteiger partial charge in [0.15, 0.2) is 0 Å². The number of anilines is 3. The van der Waals surface area contributed by atoms with Crippen molar-refractivity contribution in [2.45, 2.75) is 0 Å². The predicted molar refractivity (Wildman–Crippen MR) is 208 cm³/mol. The fraction of sp³-hybridized carbons (Fsp3) is 0. The van der Waals surface area contributed by atoms with E-state index in [4.69, 9.17) is 0 Å². The Morgan fingerprint density at radius 3 is 1.31 bits per heavy atom. The lowest BCUT2D eigenvalue weighted by Gasteiger charge is -2.26. The summed E-state index contributed by atoms with van der Waals surface area (Å²) in [7, 11) is 0. The zero-order valence-corrected chi connectivity index (χ0v) is 27.1. The van der Waals surface area contributed by atoms with Crippen LogP contribution in [0.3, 0.4) is 0 Å². The standard InChI is InChI=1S/C46H31NS/c1-3-9-32(10-4-1)34-15-23-39(24-16-34)47(40-25-17-35(18-26-40)33-11-5-2-6-12-33)41-27-19-36(20-28-41)38-22-29-43-44-30-21-37-13-7-8-14-42(37)46(44)48-45(43)31-38/h1-31H. The van der Waals surface area contributed by atoms with Crippen LogP contribution in [0.15, 0.2) is 188 Å². The normalized spacial score (nSPS) is 11.3. The van der Waals surface area contributed by atoms with Gasteiger partial charge in [-0.3, -0.25) is 0 Å². The van der Waals surface area contributed by atoms with Gasteiger partial charge in [-0.05, 0) is 86.6 Å². The third-order valence-electron chi connectivity index (χ3n) is 9.29. The van der Waals surface area contributed by atoms with Gasteiger partial charge in [0.25, 0.3) is 0 Å². The number of rotatable bonds is 6. The van der Waals surface area contributed by atoms with Crippen molar-refractivity contribution in [3.05, 3.63) is 188 Å². The summed E-state index contributed by atoms with van der Waals surface area (Å²) in [5.41, 5.74) is 10.7. The van der Waals surface area contributed by atoms with E-state index in [0.29, 0.717) is 0 Å². The molecule has 0 amide bonds. The third-order valence-corrected chi connectivity index (χ3v) is 10.5. The molecular weight excluding hydrogens is 599 g/mol. The van der Waals surface area contributed by atoms with E-state index in [9.17, 15) is 0 Å². The van der Waals surface area contributed by atoms with Crippen molar-refractivity contribution in [2.24, 2.45) is 0 Å². The average molecular weight is 630 g/mol. The maximum atomic E-state index is 2.35. The molecule has 0 unspecified atom stereocenters. The van der Waals surface area contributed by atoms with E-state index >= 15 is 0 Å². The van der Waals surface area contributed by atoms with E-state index in [0.717, 1.165) is 17.1 Å². The maximum Gasteiger partial charge on any atom is 0.0462 e. The summed E-state index contributed by atoms with van der Waals surface area (Å²) in [5, 5.41) is 5.28. The number of thiophene rings is 1. The Balaban J connectivity index is 1.09. The van der Waals surface area contributed by atoms with Gasteiger partial charge in [-0.25, -0.2) is 0 Å². The van der Waals surface area contributed by atoms with Crippen LogP contribution in [0, 0.1) is 0 Å². The molecule has 0 atom stereocenters. The van der Waals surface area contributed by atoms with Gasteiger partial charge in [0, 0.05) is 37.2 Å². The van der Waals surface area contributed by atoms with E-state index in [2.05, 4.69) is 193 Å². The van der Waals surface area contributed by atoms with Crippen LogP contribution in [0.25, 0.3) is 64.3 Å². The molecule has 0 aliphatic carbocycles. The molecule has 0 saturated carbocycles. The summed E-state index contributed by atoms with van der Waals surface area (Å²) in [6.45, 7) is 0. The monoisotopic (exact) mass is 629 g/mol. The summed E-state index contributed by atoms with van der Waals surface area (Å²) in [6.07, 6.45) is 0. The van der Waals surface area contributed by atoms with Gasteiger partial charge in [0.2, 0.25) is 0 Å². The van der Waals surface area contributed by atoms with Crippen molar-refractivity contribution < 1.29 is 0 Å². The predicted octanol–water partition coefficient (Wildman–Crippen LogP) is 13.7. The van der Waals surface area contributed by atoms with Crippen molar-refractivity contribution in [1.29, 1.82) is 0 Å². The summed E-state index contributed by atoms with van der Waals surface area (Å²) in [4.78, 5) is 2.34. The van der Waals surface area contributed by atoms with E-state index < -0.39 is 0 Å². The lowest BCUT2D eigenvalue weighted by Crippen LogP contribution is -2.09. The molecule has 8 aromatic carbocycles. The molecule has 2 heteroatoms. The second-order valence-corrected chi connectivity index (χ2v) is 13.2. The quantitative estimate of drug-likeness (QED) is 0.177. The summed E-state index contributed by atoms with van der Waals surface area (Å²) < 4.78 is 2.68. The Hall–Kier alpha value is -5.96. The molecule has 0 spiro atoms. The van der Waals surface area contributed by atoms with Gasteiger partial charge in [-0.1, -0.05) is 146 Å². The zero-order valence-electron chi connectivity index (χ0n) is 26.3. The smallest absolute Gasteiger partial charge is 0.0462 e. The highest BCUT2D eigenvalue weighted by Gasteiger charge is 2.15. The summed E-state index contributed by atoms with van der Waals surface area (Å²) >= 11 is 1.89. The maximum absolute atomic E-state index is 2.35. The Morgan fingerprint density at radius 1 is 0.312 bits per heavy atom. The highest BCUT2D eigenvalue weighted by atomic mass is 32.1. The number of hydrogen-bond acceptors (Lipinski definition) is 2. The summed E-state index contributed by atoms with van der Waals surface area (Å²) in [6, 6.07) is 68.0. The molecule has 0 aliphatic rings. The van der Waals surface area contributed by atoms with Crippen LogP contribution in [0.1, 0.15) is 0 Å². The number of fused-ring (bicyclic) bond motifs is 5. The minimum Gasteiger partial charge on any atom is -0.311 e. The van der Waals surface area contributed by atoms with Gasteiger partial charge in [0.05, 0.1) is 0 Å². The molecule has 1 heterocycles. The molecule has 0 N–H and O–H groups in total. The van der Waals surface area contributed by atoms with E-state index in [-0.39, 0.29) is 0 Å². The van der Waals surface area contributed by atoms with Gasteiger partial charge >= 0.3 is 0 Å². The Labute approximate surface area is 284 Å². The molecule has 9 rings (SSSR count). The first-order valence-corrected chi connectivity index (χ1v) is 17.2. The molecule has 1 nitrogen and oxygen atoms in total. The van der Waals surface area contributed by atoms with Crippen LogP contribution in [-0.4, -0.2) is 0 Å². The lowest BCUT2D eigenvalue weighted by atomic mass is 10.0. The molecule has 0 saturated heterocycles. The second kappa shape index (κ2) is 12.0. The first-order valence-electron chi connectivity index (χ1n) is 16.3. The Kier molecular flexibility index (Phi) is 7.07. The highest BCUT2D eigenvalue weighted by Crippen LogP contribution is 2.41. The molecule has 0 aliphatic heterocycles. The van der Waals surface area contributed by atoms with Crippen molar-refractivity contribution in [1.82, 2.24) is 0 Å². The van der Waals surface area contributed by atoms with Crippen LogP contribution in [0.2, 0.25) is 0 Å². The fourth-order valence-electron chi connectivity index (χ4n) is 6.80. The van der Waals surface area contributed by atoms with Crippen LogP contribution in [0.4, 0.5) is 17.1 Å². The first kappa shape index (κ1) is 28.3. The van der Waals surface area contributed by atoms with Crippen molar-refractivity contribution in [2.75, 3.05) is 4.90 Å². The van der Waals surface area contributed by atoms with Gasteiger partial charge in [-0.2, -0.15) is 0 Å². The second-order valence-electron chi connectivity index (χ2n) is 12.2. The largest absolute Gasteiger partial charge is 0.311 e. The highest BCUT2D eigenvalue weighted by molar-refractivity contribution is 7.26. The number of nitrogens with zero attached hydrogens (tertiary/aromatic N) is 1. The van der Waals surface area contributed by atoms with Crippen LogP contribution < -0.4 is 4.90 Å². The van der Waals surface area contributed by atoms with Crippen LogP contribution in [-0.2, 0) is 0 Å². The number of hydrogen-bond donors (Lipinski definition) is 0. The third kappa shape index (κ3) is 5.13. The first-order chi connectivity index (χ1) is 23.8. The zero-order chi connectivity index (χ0) is 31.9. The fourth-order valence-corrected chi connectivity index (χ4v) is 8.08. The van der Waals surface area contributed by atoms with Gasteiger partial charge < -0.3 is 4.90 Å². The van der Waals surface area contributed by atoms with E-state index in [1.165, 1.54) is 64.3 Å². The Bertz CT molecular complexity index is 2430. The molecule has 48 heavy (non-hydrogen) atoms. The minimum atomic E-state index is 1.12. The summed E-state index contributed by atoms with van der Waals surface area (Å²) in [5.74, 6) is 0. The van der Waals surface area contributed by atoms with Crippen molar-refractivity contribution in [3.63, 3.8) is 0 Å². The van der Waals surface area contributed by atoms with Gasteiger partial charge in [0.1, 0.15) is 0 Å². The van der Waals surface area contributed by atoms with E-state index in [1.807, 2.05) is 11.3 Å².